The lowest BCUT2D eigenvalue weighted by Crippen LogP contribution is -2.32. The molecular weight excluding hydrogens is 200 g/mol. The molecule has 1 heterocycles. The van der Waals surface area contributed by atoms with Gasteiger partial charge in [-0.05, 0) is 20.3 Å². The van der Waals surface area contributed by atoms with Crippen LogP contribution >= 0.6 is 0 Å². The third-order valence-corrected chi connectivity index (χ3v) is 2.56. The highest BCUT2D eigenvalue weighted by Crippen LogP contribution is 2.15. The van der Waals surface area contributed by atoms with E-state index < -0.39 is 0 Å². The van der Waals surface area contributed by atoms with Crippen LogP contribution in [0.3, 0.4) is 0 Å². The zero-order chi connectivity index (χ0) is 12.0. The van der Waals surface area contributed by atoms with Crippen molar-refractivity contribution in [3.05, 3.63) is 12.4 Å². The van der Waals surface area contributed by atoms with E-state index in [0.29, 0.717) is 11.9 Å². The summed E-state index contributed by atoms with van der Waals surface area (Å²) in [5.41, 5.74) is 5.65. The summed E-state index contributed by atoms with van der Waals surface area (Å²) in [6.07, 6.45) is 7.02. The van der Waals surface area contributed by atoms with Gasteiger partial charge in [0, 0.05) is 12.6 Å². The fourth-order valence-corrected chi connectivity index (χ4v) is 1.68. The Morgan fingerprint density at radius 3 is 2.62 bits per heavy atom. The van der Waals surface area contributed by atoms with Gasteiger partial charge in [0.05, 0.1) is 12.4 Å². The maximum Gasteiger partial charge on any atom is 0.149 e. The molecule has 1 rings (SSSR count). The van der Waals surface area contributed by atoms with Crippen LogP contribution in [0, 0.1) is 0 Å². The largest absolute Gasteiger partial charge is 0.382 e. The van der Waals surface area contributed by atoms with Crippen molar-refractivity contribution in [3.63, 3.8) is 0 Å². The van der Waals surface area contributed by atoms with Gasteiger partial charge in [-0.3, -0.25) is 4.98 Å². The number of aromatic nitrogens is 2. The van der Waals surface area contributed by atoms with E-state index >= 15 is 0 Å². The Morgan fingerprint density at radius 1 is 1.31 bits per heavy atom. The van der Waals surface area contributed by atoms with Gasteiger partial charge in [0.25, 0.3) is 0 Å². The molecule has 0 aliphatic heterocycles. The smallest absolute Gasteiger partial charge is 0.149 e. The molecule has 16 heavy (non-hydrogen) atoms. The maximum atomic E-state index is 5.65. The van der Waals surface area contributed by atoms with Gasteiger partial charge < -0.3 is 10.6 Å². The van der Waals surface area contributed by atoms with Gasteiger partial charge in [-0.15, -0.1) is 0 Å². The Kier molecular flexibility index (Phi) is 5.02. The number of unbranched alkanes of at least 4 members (excludes halogenated alkanes) is 2. The van der Waals surface area contributed by atoms with E-state index in [9.17, 15) is 0 Å². The van der Waals surface area contributed by atoms with Crippen LogP contribution in [0.5, 0.6) is 0 Å². The molecule has 0 aliphatic carbocycles. The van der Waals surface area contributed by atoms with Crippen molar-refractivity contribution in [2.24, 2.45) is 0 Å². The van der Waals surface area contributed by atoms with Gasteiger partial charge in [-0.1, -0.05) is 19.8 Å². The van der Waals surface area contributed by atoms with E-state index in [0.717, 1.165) is 12.4 Å². The second kappa shape index (κ2) is 6.30. The van der Waals surface area contributed by atoms with Crippen molar-refractivity contribution in [1.29, 1.82) is 0 Å². The van der Waals surface area contributed by atoms with Crippen LogP contribution in [0.4, 0.5) is 11.6 Å². The zero-order valence-corrected chi connectivity index (χ0v) is 10.5. The number of nitrogen functional groups attached to an aromatic ring is 1. The number of rotatable bonds is 6. The van der Waals surface area contributed by atoms with Crippen LogP contribution in [-0.4, -0.2) is 22.6 Å². The number of anilines is 2. The summed E-state index contributed by atoms with van der Waals surface area (Å²) in [5.74, 6) is 1.37. The molecule has 0 radical (unpaired) electrons. The number of hydrogen-bond acceptors (Lipinski definition) is 4. The van der Waals surface area contributed by atoms with Crippen LogP contribution in [0.25, 0.3) is 0 Å². The second-order valence-corrected chi connectivity index (χ2v) is 4.30. The molecule has 1 aromatic rings. The number of nitrogens with zero attached hydrogens (tertiary/aromatic N) is 3. The molecule has 90 valence electrons. The van der Waals surface area contributed by atoms with E-state index in [2.05, 4.69) is 35.6 Å². The third-order valence-electron chi connectivity index (χ3n) is 2.56. The van der Waals surface area contributed by atoms with E-state index in [-0.39, 0.29) is 0 Å². The van der Waals surface area contributed by atoms with Gasteiger partial charge in [-0.25, -0.2) is 4.98 Å². The molecule has 0 aliphatic rings. The van der Waals surface area contributed by atoms with Gasteiger partial charge in [0.15, 0.2) is 0 Å². The normalized spacial score (nSPS) is 10.8. The fourth-order valence-electron chi connectivity index (χ4n) is 1.68. The Hall–Kier alpha value is -1.32. The monoisotopic (exact) mass is 222 g/mol. The predicted molar refractivity (Wildman–Crippen MR) is 68.5 cm³/mol. The standard InChI is InChI=1S/C12H22N4/c1-4-5-6-7-16(10(2)3)12-9-14-8-11(13)15-12/h8-10H,4-7H2,1-3H3,(H2,13,15). The lowest BCUT2D eigenvalue weighted by molar-refractivity contribution is 0.619. The fraction of sp³-hybridized carbons (Fsp3) is 0.667. The van der Waals surface area contributed by atoms with Gasteiger partial charge in [0.1, 0.15) is 11.6 Å². The quantitative estimate of drug-likeness (QED) is 0.751. The average molecular weight is 222 g/mol. The minimum atomic E-state index is 0.424. The maximum absolute atomic E-state index is 5.65. The van der Waals surface area contributed by atoms with Crippen LogP contribution in [-0.2, 0) is 0 Å². The Labute approximate surface area is 97.9 Å². The lowest BCUT2D eigenvalue weighted by atomic mass is 10.2. The predicted octanol–water partition coefficient (Wildman–Crippen LogP) is 2.46. The molecule has 0 aromatic carbocycles. The van der Waals surface area contributed by atoms with Crippen molar-refractivity contribution in [3.8, 4) is 0 Å². The minimum Gasteiger partial charge on any atom is -0.382 e. The number of hydrogen-bond donors (Lipinski definition) is 1. The molecule has 0 unspecified atom stereocenters. The van der Waals surface area contributed by atoms with Crippen molar-refractivity contribution < 1.29 is 0 Å². The summed E-state index contributed by atoms with van der Waals surface area (Å²) in [6.45, 7) is 7.55. The summed E-state index contributed by atoms with van der Waals surface area (Å²) in [7, 11) is 0. The van der Waals surface area contributed by atoms with Crippen LogP contribution in [0.1, 0.15) is 40.0 Å². The Bertz CT molecular complexity index is 312. The summed E-state index contributed by atoms with van der Waals surface area (Å²) in [5, 5.41) is 0. The summed E-state index contributed by atoms with van der Waals surface area (Å²) in [6, 6.07) is 0.424. The van der Waals surface area contributed by atoms with Crippen LogP contribution in [0.15, 0.2) is 12.4 Å². The highest BCUT2D eigenvalue weighted by atomic mass is 15.2. The SMILES string of the molecule is CCCCCN(c1cncc(N)n1)C(C)C. The summed E-state index contributed by atoms with van der Waals surface area (Å²) >= 11 is 0. The molecule has 4 heteroatoms. The van der Waals surface area contributed by atoms with Crippen molar-refractivity contribution in [2.75, 3.05) is 17.2 Å². The highest BCUT2D eigenvalue weighted by Gasteiger charge is 2.11. The van der Waals surface area contributed by atoms with E-state index in [4.69, 9.17) is 5.73 Å². The third kappa shape index (κ3) is 3.68. The van der Waals surface area contributed by atoms with E-state index in [1.165, 1.54) is 19.3 Å². The van der Waals surface area contributed by atoms with Gasteiger partial charge in [-0.2, -0.15) is 0 Å². The van der Waals surface area contributed by atoms with Crippen LogP contribution in [0.2, 0.25) is 0 Å². The van der Waals surface area contributed by atoms with Crippen molar-refractivity contribution in [1.82, 2.24) is 9.97 Å². The summed E-state index contributed by atoms with van der Waals surface area (Å²) < 4.78 is 0. The second-order valence-electron chi connectivity index (χ2n) is 4.30. The first kappa shape index (κ1) is 12.7. The van der Waals surface area contributed by atoms with Gasteiger partial charge >= 0.3 is 0 Å². The Morgan fingerprint density at radius 2 is 2.06 bits per heavy atom. The van der Waals surface area contributed by atoms with Gasteiger partial charge in [0.2, 0.25) is 0 Å². The van der Waals surface area contributed by atoms with E-state index in [1.807, 2.05) is 0 Å². The highest BCUT2D eigenvalue weighted by molar-refractivity contribution is 5.42. The molecule has 0 amide bonds. The first-order valence-corrected chi connectivity index (χ1v) is 5.99. The molecule has 0 saturated carbocycles. The minimum absolute atomic E-state index is 0.424. The lowest BCUT2D eigenvalue weighted by Gasteiger charge is -2.27. The van der Waals surface area contributed by atoms with Crippen molar-refractivity contribution >= 4 is 11.6 Å². The first-order chi connectivity index (χ1) is 7.65. The summed E-state index contributed by atoms with van der Waals surface area (Å²) in [4.78, 5) is 10.7. The molecule has 4 nitrogen and oxygen atoms in total. The molecular formula is C12H22N4. The molecule has 2 N–H and O–H groups in total. The topological polar surface area (TPSA) is 55.0 Å². The van der Waals surface area contributed by atoms with Crippen molar-refractivity contribution in [2.45, 2.75) is 46.1 Å². The molecule has 0 bridgehead atoms. The molecule has 0 fully saturated rings. The average Bonchev–Trinajstić information content (AvgIpc) is 2.24. The molecule has 1 aromatic heterocycles. The first-order valence-electron chi connectivity index (χ1n) is 5.99. The number of nitrogens with two attached hydrogens (primary N) is 1. The van der Waals surface area contributed by atoms with Crippen LogP contribution < -0.4 is 10.6 Å². The zero-order valence-electron chi connectivity index (χ0n) is 10.5. The Balaban J connectivity index is 2.69. The molecule has 0 atom stereocenters. The van der Waals surface area contributed by atoms with E-state index in [1.54, 1.807) is 12.4 Å². The molecule has 0 saturated heterocycles. The molecule has 0 spiro atoms.